The molecular formula is C32H46O7. The van der Waals surface area contributed by atoms with Crippen molar-refractivity contribution in [3.05, 3.63) is 72.4 Å². The van der Waals surface area contributed by atoms with E-state index in [0.29, 0.717) is 38.5 Å². The number of hydrogen-bond donors (Lipinski definition) is 3. The minimum atomic E-state index is -0.779. The van der Waals surface area contributed by atoms with Gasteiger partial charge in [0.05, 0.1) is 42.5 Å². The van der Waals surface area contributed by atoms with Crippen LogP contribution in [0.5, 0.6) is 0 Å². The molecule has 0 aromatic heterocycles. The van der Waals surface area contributed by atoms with Crippen LogP contribution < -0.4 is 0 Å². The summed E-state index contributed by atoms with van der Waals surface area (Å²) in [4.78, 5) is 12.8. The molecular weight excluding hydrogens is 496 g/mol. The summed E-state index contributed by atoms with van der Waals surface area (Å²) in [5.41, 5.74) is 0.300. The molecule has 4 bridgehead atoms. The van der Waals surface area contributed by atoms with E-state index in [2.05, 4.69) is 18.2 Å². The van der Waals surface area contributed by atoms with E-state index in [4.69, 9.17) is 19.3 Å². The van der Waals surface area contributed by atoms with E-state index in [9.17, 15) is 15.0 Å². The Morgan fingerprint density at radius 2 is 1.90 bits per heavy atom. The predicted octanol–water partition coefficient (Wildman–Crippen LogP) is 4.50. The van der Waals surface area contributed by atoms with Crippen molar-refractivity contribution in [1.29, 1.82) is 0 Å². The minimum absolute atomic E-state index is 0.00781. The van der Waals surface area contributed by atoms with Gasteiger partial charge in [0.1, 0.15) is 6.10 Å². The van der Waals surface area contributed by atoms with Crippen LogP contribution in [-0.4, -0.2) is 71.1 Å². The molecule has 0 saturated carbocycles. The Hall–Kier alpha value is -2.29. The molecule has 39 heavy (non-hydrogen) atoms. The highest BCUT2D eigenvalue weighted by molar-refractivity contribution is 5.82. The Balaban J connectivity index is 1.84. The molecule has 7 nitrogen and oxygen atoms in total. The van der Waals surface area contributed by atoms with Crippen molar-refractivity contribution in [2.75, 3.05) is 13.2 Å². The van der Waals surface area contributed by atoms with Crippen LogP contribution in [0.4, 0.5) is 0 Å². The average Bonchev–Trinajstić information content (AvgIpc) is 2.90. The van der Waals surface area contributed by atoms with Gasteiger partial charge in [-0.25, -0.2) is 4.79 Å². The summed E-state index contributed by atoms with van der Waals surface area (Å²) in [6.45, 7) is 5.83. The van der Waals surface area contributed by atoms with Crippen molar-refractivity contribution in [2.24, 2.45) is 11.3 Å². The first-order valence-corrected chi connectivity index (χ1v) is 14.2. The Bertz CT molecular complexity index is 962. The van der Waals surface area contributed by atoms with Crippen LogP contribution in [0.15, 0.2) is 72.4 Å². The lowest BCUT2D eigenvalue weighted by Gasteiger charge is -2.47. The third kappa shape index (κ3) is 9.12. The van der Waals surface area contributed by atoms with Gasteiger partial charge in [-0.3, -0.25) is 0 Å². The number of aliphatic hydroxyl groups excluding tert-OH is 3. The molecule has 0 radical (unpaired) electrons. The topological polar surface area (TPSA) is 105 Å². The molecule has 7 heteroatoms. The molecule has 0 aromatic carbocycles. The van der Waals surface area contributed by atoms with Crippen LogP contribution in [-0.2, 0) is 19.0 Å². The lowest BCUT2D eigenvalue weighted by atomic mass is 9.73. The van der Waals surface area contributed by atoms with Gasteiger partial charge in [-0.05, 0) is 32.6 Å². The average molecular weight is 543 g/mol. The summed E-state index contributed by atoms with van der Waals surface area (Å²) in [5.74, 6) is -0.465. The first-order valence-electron chi connectivity index (χ1n) is 14.2. The van der Waals surface area contributed by atoms with E-state index in [1.165, 1.54) is 6.08 Å². The highest BCUT2D eigenvalue weighted by Crippen LogP contribution is 2.41. The van der Waals surface area contributed by atoms with Crippen molar-refractivity contribution < 1.29 is 34.3 Å². The summed E-state index contributed by atoms with van der Waals surface area (Å²) in [6, 6.07) is 0. The number of hydrogen-bond acceptors (Lipinski definition) is 7. The minimum Gasteiger partial charge on any atom is -0.458 e. The second-order valence-corrected chi connectivity index (χ2v) is 11.1. The maximum absolute atomic E-state index is 12.8. The van der Waals surface area contributed by atoms with E-state index >= 15 is 0 Å². The number of ether oxygens (including phenoxy) is 3. The highest BCUT2D eigenvalue weighted by Gasteiger charge is 2.48. The second-order valence-electron chi connectivity index (χ2n) is 11.1. The number of carbonyl (C=O) groups excluding carboxylic acids is 1. The van der Waals surface area contributed by atoms with Crippen LogP contribution in [0.1, 0.15) is 59.3 Å². The first kappa shape index (κ1) is 31.2. The molecule has 216 valence electrons. The van der Waals surface area contributed by atoms with Gasteiger partial charge in [0.2, 0.25) is 0 Å². The molecule has 3 N–H and O–H groups in total. The number of fused-ring (bicyclic) bond motifs is 4. The van der Waals surface area contributed by atoms with Crippen molar-refractivity contribution in [3.8, 4) is 0 Å². The number of esters is 1. The molecule has 3 aliphatic heterocycles. The molecule has 8 atom stereocenters. The van der Waals surface area contributed by atoms with Gasteiger partial charge in [-0.1, -0.05) is 80.2 Å². The zero-order valence-corrected chi connectivity index (χ0v) is 23.5. The predicted molar refractivity (Wildman–Crippen MR) is 152 cm³/mol. The van der Waals surface area contributed by atoms with Crippen molar-refractivity contribution in [1.82, 2.24) is 0 Å². The molecule has 3 aliphatic rings. The highest BCUT2D eigenvalue weighted by atomic mass is 16.6. The Labute approximate surface area is 233 Å². The van der Waals surface area contributed by atoms with Crippen molar-refractivity contribution in [2.45, 2.75) is 95.9 Å². The van der Waals surface area contributed by atoms with Crippen molar-refractivity contribution >= 4 is 5.97 Å². The maximum atomic E-state index is 12.8. The zero-order valence-electron chi connectivity index (χ0n) is 23.5. The monoisotopic (exact) mass is 542 g/mol. The smallest absolute Gasteiger partial charge is 0.331 e. The van der Waals surface area contributed by atoms with Crippen LogP contribution >= 0.6 is 0 Å². The third-order valence-corrected chi connectivity index (χ3v) is 7.96. The standard InChI is InChI=1S/C32H46O7/c1-23-13-7-4-8-15-26-21-30(32(3,22-34)29(38-26)16-10-6-12-18-33)39-31(36)17-11-5-9-14-25-20-27(35)24(2)28(19-23)37-25/h5-11,13,15,17,19,24-30,33-35H,4,12,14,16,18,20-22H2,1-3H3/b9-5+,10-6-,13-7+,15-8+,17-11+,23-19+/t24-,25+,26-,27+,28-,29+,30-,32+/m1/s1. The van der Waals surface area contributed by atoms with Gasteiger partial charge in [0.25, 0.3) is 0 Å². The van der Waals surface area contributed by atoms with Gasteiger partial charge in [0, 0.05) is 31.4 Å². The summed E-state index contributed by atoms with van der Waals surface area (Å²) < 4.78 is 18.5. The van der Waals surface area contributed by atoms with E-state index in [-0.39, 0.29) is 43.5 Å². The van der Waals surface area contributed by atoms with E-state index in [0.717, 1.165) is 5.57 Å². The number of carbonyl (C=O) groups is 1. The molecule has 2 saturated heterocycles. The van der Waals surface area contributed by atoms with E-state index in [1.54, 1.807) is 12.2 Å². The fourth-order valence-electron chi connectivity index (χ4n) is 5.30. The van der Waals surface area contributed by atoms with Gasteiger partial charge >= 0.3 is 5.97 Å². The summed E-state index contributed by atoms with van der Waals surface area (Å²) >= 11 is 0. The van der Waals surface area contributed by atoms with Gasteiger partial charge in [-0.15, -0.1) is 0 Å². The molecule has 2 fully saturated rings. The van der Waals surface area contributed by atoms with E-state index < -0.39 is 23.6 Å². The van der Waals surface area contributed by atoms with E-state index in [1.807, 2.05) is 51.2 Å². The lowest BCUT2D eigenvalue weighted by Crippen LogP contribution is -2.55. The van der Waals surface area contributed by atoms with Crippen LogP contribution in [0, 0.1) is 11.3 Å². The summed E-state index contributed by atoms with van der Waals surface area (Å²) in [5, 5.41) is 30.0. The summed E-state index contributed by atoms with van der Waals surface area (Å²) in [7, 11) is 0. The molecule has 0 unspecified atom stereocenters. The molecule has 0 spiro atoms. The third-order valence-electron chi connectivity index (χ3n) is 7.96. The zero-order chi connectivity index (χ0) is 28.3. The Morgan fingerprint density at radius 3 is 2.67 bits per heavy atom. The Kier molecular flexibility index (Phi) is 12.4. The number of rotatable bonds is 5. The van der Waals surface area contributed by atoms with Gasteiger partial charge < -0.3 is 29.5 Å². The van der Waals surface area contributed by atoms with Gasteiger partial charge in [-0.2, -0.15) is 0 Å². The lowest BCUT2D eigenvalue weighted by molar-refractivity contribution is -0.198. The SMILES string of the molecule is CC1=C\[C@H]2O[C@@H](C/C=C/C=C/C(=O)O[C@@H]3C[C@@H](/C=C/C\C=C\1)O[C@@H](C/C=C\CCO)[C@]3(C)CO)C[C@H](O)[C@H]2C. The fraction of sp³-hybridized carbons (Fsp3) is 0.594. The normalized spacial score (nSPS) is 41.1. The number of aliphatic hydroxyl groups is 3. The largest absolute Gasteiger partial charge is 0.458 e. The first-order chi connectivity index (χ1) is 18.8. The van der Waals surface area contributed by atoms with Gasteiger partial charge in [0.15, 0.2) is 0 Å². The molecule has 0 aliphatic carbocycles. The second kappa shape index (κ2) is 15.5. The summed E-state index contributed by atoms with van der Waals surface area (Å²) in [6.07, 6.45) is 22.4. The molecule has 3 rings (SSSR count). The Morgan fingerprint density at radius 1 is 1.08 bits per heavy atom. The quantitative estimate of drug-likeness (QED) is 0.347. The maximum Gasteiger partial charge on any atom is 0.331 e. The molecule has 0 amide bonds. The van der Waals surface area contributed by atoms with Crippen LogP contribution in [0.25, 0.3) is 0 Å². The fourth-order valence-corrected chi connectivity index (χ4v) is 5.30. The van der Waals surface area contributed by atoms with Crippen LogP contribution in [0.3, 0.4) is 0 Å². The number of allylic oxidation sites excluding steroid dienone is 6. The molecule has 0 aromatic rings. The van der Waals surface area contributed by atoms with Crippen molar-refractivity contribution in [3.63, 3.8) is 0 Å². The van der Waals surface area contributed by atoms with Crippen LogP contribution in [0.2, 0.25) is 0 Å². The molecule has 3 heterocycles.